The van der Waals surface area contributed by atoms with E-state index in [2.05, 4.69) is 5.32 Å². The predicted octanol–water partition coefficient (Wildman–Crippen LogP) is 3.17. The summed E-state index contributed by atoms with van der Waals surface area (Å²) in [7, 11) is 0. The Labute approximate surface area is 123 Å². The van der Waals surface area contributed by atoms with Gasteiger partial charge in [-0.25, -0.2) is 9.59 Å². The number of anilines is 1. The third-order valence-electron chi connectivity index (χ3n) is 2.30. The number of aryl methyl sites for hydroxylation is 1. The van der Waals surface area contributed by atoms with Crippen LogP contribution in [0, 0.1) is 0 Å². The second-order valence-corrected chi connectivity index (χ2v) is 5.09. The van der Waals surface area contributed by atoms with Gasteiger partial charge in [-0.3, -0.25) is 5.32 Å². The lowest BCUT2D eigenvalue weighted by atomic mass is 10.2. The average Bonchev–Trinajstić information content (AvgIpc) is 2.79. The Balaban J connectivity index is 2.79. The highest BCUT2D eigenvalue weighted by molar-refractivity contribution is 7.16. The van der Waals surface area contributed by atoms with E-state index in [9.17, 15) is 22.8 Å². The highest BCUT2D eigenvalue weighted by Crippen LogP contribution is 2.29. The molecule has 2 amide bonds. The van der Waals surface area contributed by atoms with Crippen LogP contribution in [0.25, 0.3) is 0 Å². The maximum Gasteiger partial charge on any atom is 0.405 e. The Morgan fingerprint density at radius 3 is 2.52 bits per heavy atom. The summed E-state index contributed by atoms with van der Waals surface area (Å²) in [4.78, 5) is 24.0. The lowest BCUT2D eigenvalue weighted by molar-refractivity contribution is -0.122. The fraction of sp³-hybridized carbons (Fsp3) is 0.500. The quantitative estimate of drug-likeness (QED) is 0.818. The van der Waals surface area contributed by atoms with Crippen molar-refractivity contribution in [1.29, 1.82) is 0 Å². The van der Waals surface area contributed by atoms with Crippen molar-refractivity contribution in [2.45, 2.75) is 26.4 Å². The summed E-state index contributed by atoms with van der Waals surface area (Å²) in [6.07, 6.45) is -3.87. The molecule has 1 aromatic heterocycles. The molecule has 1 heterocycles. The van der Waals surface area contributed by atoms with E-state index in [1.165, 1.54) is 0 Å². The molecule has 0 spiro atoms. The van der Waals surface area contributed by atoms with Gasteiger partial charge < -0.3 is 10.1 Å². The van der Waals surface area contributed by atoms with E-state index in [4.69, 9.17) is 4.74 Å². The van der Waals surface area contributed by atoms with Gasteiger partial charge in [0.05, 0.1) is 12.2 Å². The smallest absolute Gasteiger partial charge is 0.405 e. The van der Waals surface area contributed by atoms with E-state index in [-0.39, 0.29) is 17.2 Å². The number of esters is 1. The van der Waals surface area contributed by atoms with Gasteiger partial charge in [0.15, 0.2) is 0 Å². The molecule has 9 heteroatoms. The van der Waals surface area contributed by atoms with Crippen LogP contribution in [0.1, 0.15) is 29.1 Å². The normalized spacial score (nSPS) is 11.1. The molecule has 21 heavy (non-hydrogen) atoms. The third kappa shape index (κ3) is 5.62. The van der Waals surface area contributed by atoms with Crippen molar-refractivity contribution in [2.24, 2.45) is 0 Å². The molecule has 0 aliphatic heterocycles. The largest absolute Gasteiger partial charge is 0.462 e. The van der Waals surface area contributed by atoms with Gasteiger partial charge in [-0.15, -0.1) is 11.3 Å². The molecule has 118 valence electrons. The standard InChI is InChI=1S/C12H15F3N2O3S/c1-3-7-5-8(10(18)20-4-2)9(21-7)17-11(19)16-6-12(13,14)15/h5H,3-4,6H2,1-2H3,(H2,16,17,19). The topological polar surface area (TPSA) is 67.4 Å². The van der Waals surface area contributed by atoms with E-state index in [1.54, 1.807) is 18.3 Å². The Bertz CT molecular complexity index is 514. The third-order valence-corrected chi connectivity index (χ3v) is 3.50. The summed E-state index contributed by atoms with van der Waals surface area (Å²) in [6, 6.07) is 0.532. The van der Waals surface area contributed by atoms with Gasteiger partial charge in [0.2, 0.25) is 0 Å². The van der Waals surface area contributed by atoms with Crippen molar-refractivity contribution in [3.05, 3.63) is 16.5 Å². The number of nitrogens with one attached hydrogen (secondary N) is 2. The first kappa shape index (κ1) is 17.3. The number of carbonyl (C=O) groups is 2. The van der Waals surface area contributed by atoms with E-state index in [1.807, 2.05) is 6.92 Å². The molecule has 0 fully saturated rings. The maximum absolute atomic E-state index is 12.0. The number of ether oxygens (including phenoxy) is 1. The minimum atomic E-state index is -4.49. The van der Waals surface area contributed by atoms with E-state index in [0.29, 0.717) is 6.42 Å². The first-order valence-corrected chi connectivity index (χ1v) is 6.99. The Morgan fingerprint density at radius 1 is 1.33 bits per heavy atom. The highest BCUT2D eigenvalue weighted by atomic mass is 32.1. The zero-order valence-corrected chi connectivity index (χ0v) is 12.3. The van der Waals surface area contributed by atoms with E-state index < -0.39 is 24.7 Å². The van der Waals surface area contributed by atoms with Crippen LogP contribution in [0.4, 0.5) is 23.0 Å². The van der Waals surface area contributed by atoms with Crippen molar-refractivity contribution in [3.8, 4) is 0 Å². The van der Waals surface area contributed by atoms with Crippen LogP contribution in [0.2, 0.25) is 0 Å². The molecule has 0 radical (unpaired) electrons. The molecular weight excluding hydrogens is 309 g/mol. The molecule has 0 saturated heterocycles. The number of hydrogen-bond donors (Lipinski definition) is 2. The Morgan fingerprint density at radius 2 is 2.00 bits per heavy atom. The molecule has 5 nitrogen and oxygen atoms in total. The molecule has 0 unspecified atom stereocenters. The SMILES string of the molecule is CCOC(=O)c1cc(CC)sc1NC(=O)NCC(F)(F)F. The summed E-state index contributed by atoms with van der Waals surface area (Å²) >= 11 is 1.12. The first-order valence-electron chi connectivity index (χ1n) is 6.18. The lowest BCUT2D eigenvalue weighted by Crippen LogP contribution is -2.36. The summed E-state index contributed by atoms with van der Waals surface area (Å²) in [5.41, 5.74) is 0.140. The monoisotopic (exact) mass is 324 g/mol. The molecule has 1 rings (SSSR count). The van der Waals surface area contributed by atoms with Gasteiger partial charge in [-0.2, -0.15) is 13.2 Å². The summed E-state index contributed by atoms with van der Waals surface area (Å²) in [5.74, 6) is -0.625. The van der Waals surface area contributed by atoms with Crippen molar-refractivity contribution in [2.75, 3.05) is 18.5 Å². The fourth-order valence-corrected chi connectivity index (χ4v) is 2.38. The maximum atomic E-state index is 12.0. The highest BCUT2D eigenvalue weighted by Gasteiger charge is 2.28. The van der Waals surface area contributed by atoms with Crippen LogP contribution in [-0.4, -0.2) is 31.3 Å². The predicted molar refractivity (Wildman–Crippen MR) is 72.7 cm³/mol. The molecule has 2 N–H and O–H groups in total. The molecule has 0 aliphatic carbocycles. The van der Waals surface area contributed by atoms with Gasteiger partial charge in [0.25, 0.3) is 0 Å². The number of hydrogen-bond acceptors (Lipinski definition) is 4. The first-order chi connectivity index (χ1) is 9.76. The zero-order valence-electron chi connectivity index (χ0n) is 11.5. The van der Waals surface area contributed by atoms with Crippen LogP contribution in [-0.2, 0) is 11.2 Å². The molecule has 0 saturated carbocycles. The number of halogens is 3. The summed E-state index contributed by atoms with van der Waals surface area (Å²) < 4.78 is 40.9. The number of carbonyl (C=O) groups excluding carboxylic acids is 2. The van der Waals surface area contributed by atoms with Gasteiger partial charge in [0.1, 0.15) is 11.5 Å². The number of alkyl halides is 3. The molecule has 0 aromatic carbocycles. The molecule has 0 atom stereocenters. The molecule has 1 aromatic rings. The van der Waals surface area contributed by atoms with Crippen molar-refractivity contribution >= 4 is 28.3 Å². The van der Waals surface area contributed by atoms with Crippen LogP contribution in [0.3, 0.4) is 0 Å². The van der Waals surface area contributed by atoms with Crippen LogP contribution in [0.15, 0.2) is 6.07 Å². The average molecular weight is 324 g/mol. The number of urea groups is 1. The van der Waals surface area contributed by atoms with Crippen LogP contribution in [0.5, 0.6) is 0 Å². The fourth-order valence-electron chi connectivity index (χ4n) is 1.40. The number of thiophene rings is 1. The lowest BCUT2D eigenvalue weighted by Gasteiger charge is -2.09. The van der Waals surface area contributed by atoms with Crippen molar-refractivity contribution in [3.63, 3.8) is 0 Å². The number of rotatable bonds is 5. The molecule has 0 bridgehead atoms. The minimum Gasteiger partial charge on any atom is -0.462 e. The second-order valence-electron chi connectivity index (χ2n) is 3.95. The minimum absolute atomic E-state index is 0.140. The molecular formula is C12H15F3N2O3S. The summed E-state index contributed by atoms with van der Waals surface area (Å²) in [5, 5.41) is 4.09. The summed E-state index contributed by atoms with van der Waals surface area (Å²) in [6.45, 7) is 2.21. The molecule has 0 aliphatic rings. The Kier molecular flexibility index (Phi) is 6.01. The van der Waals surface area contributed by atoms with Crippen LogP contribution < -0.4 is 10.6 Å². The second kappa shape index (κ2) is 7.30. The van der Waals surface area contributed by atoms with Crippen molar-refractivity contribution < 1.29 is 27.5 Å². The number of amides is 2. The van der Waals surface area contributed by atoms with Gasteiger partial charge >= 0.3 is 18.2 Å². The van der Waals surface area contributed by atoms with E-state index in [0.717, 1.165) is 16.2 Å². The zero-order chi connectivity index (χ0) is 16.0. The van der Waals surface area contributed by atoms with Crippen molar-refractivity contribution in [1.82, 2.24) is 5.32 Å². The van der Waals surface area contributed by atoms with Gasteiger partial charge in [-0.1, -0.05) is 6.92 Å². The van der Waals surface area contributed by atoms with Crippen LogP contribution >= 0.6 is 11.3 Å². The Hall–Kier alpha value is -1.77. The van der Waals surface area contributed by atoms with Gasteiger partial charge in [-0.05, 0) is 19.4 Å². The van der Waals surface area contributed by atoms with E-state index >= 15 is 0 Å². The van der Waals surface area contributed by atoms with Gasteiger partial charge in [0, 0.05) is 4.88 Å².